The second-order valence-electron chi connectivity index (χ2n) is 5.66. The third kappa shape index (κ3) is 1.97. The normalized spacial score (nSPS) is 33.2. The minimum atomic E-state index is 0.226. The Morgan fingerprint density at radius 3 is 2.94 bits per heavy atom. The molecular formula is C12H21N5. The molecule has 0 amide bonds. The van der Waals surface area contributed by atoms with E-state index in [9.17, 15) is 0 Å². The van der Waals surface area contributed by atoms with Crippen LogP contribution in [-0.2, 0) is 6.54 Å². The lowest BCUT2D eigenvalue weighted by Gasteiger charge is -2.22. The SMILES string of the molecule is CNC(C)c1nnnn1CC1CC2CCC1C2. The molecule has 4 unspecified atom stereocenters. The molecule has 2 aliphatic rings. The van der Waals surface area contributed by atoms with Crippen LogP contribution in [0.5, 0.6) is 0 Å². The molecule has 1 N–H and O–H groups in total. The highest BCUT2D eigenvalue weighted by atomic mass is 15.5. The van der Waals surface area contributed by atoms with Crippen molar-refractivity contribution in [2.45, 2.75) is 45.2 Å². The summed E-state index contributed by atoms with van der Waals surface area (Å²) in [5.41, 5.74) is 0. The van der Waals surface area contributed by atoms with Crippen LogP contribution >= 0.6 is 0 Å². The Morgan fingerprint density at radius 1 is 1.41 bits per heavy atom. The van der Waals surface area contributed by atoms with Crippen molar-refractivity contribution < 1.29 is 0 Å². The monoisotopic (exact) mass is 235 g/mol. The summed E-state index contributed by atoms with van der Waals surface area (Å²) < 4.78 is 2.01. The quantitative estimate of drug-likeness (QED) is 0.857. The number of nitrogens with one attached hydrogen (secondary N) is 1. The number of aromatic nitrogens is 4. The Morgan fingerprint density at radius 2 is 2.29 bits per heavy atom. The van der Waals surface area contributed by atoms with Crippen LogP contribution in [0.15, 0.2) is 0 Å². The van der Waals surface area contributed by atoms with Gasteiger partial charge < -0.3 is 5.32 Å². The van der Waals surface area contributed by atoms with Gasteiger partial charge in [-0.15, -0.1) is 5.10 Å². The average Bonchev–Trinajstić information content (AvgIpc) is 3.03. The number of fused-ring (bicyclic) bond motifs is 2. The fourth-order valence-electron chi connectivity index (χ4n) is 3.60. The first-order valence-electron chi connectivity index (χ1n) is 6.71. The predicted molar refractivity (Wildman–Crippen MR) is 64.2 cm³/mol. The number of hydrogen-bond acceptors (Lipinski definition) is 4. The zero-order valence-corrected chi connectivity index (χ0v) is 10.6. The van der Waals surface area contributed by atoms with Gasteiger partial charge in [0.25, 0.3) is 0 Å². The van der Waals surface area contributed by atoms with Crippen LogP contribution in [0.1, 0.15) is 44.5 Å². The lowest BCUT2D eigenvalue weighted by Crippen LogP contribution is -2.23. The molecule has 1 heterocycles. The van der Waals surface area contributed by atoms with E-state index in [0.717, 1.165) is 30.1 Å². The van der Waals surface area contributed by atoms with E-state index in [4.69, 9.17) is 0 Å². The van der Waals surface area contributed by atoms with Crippen LogP contribution in [0.2, 0.25) is 0 Å². The summed E-state index contributed by atoms with van der Waals surface area (Å²) >= 11 is 0. The standard InChI is InChI=1S/C12H21N5/c1-8(13-2)12-14-15-16-17(12)7-11-6-9-3-4-10(11)5-9/h8-11,13H,3-7H2,1-2H3. The van der Waals surface area contributed by atoms with Crippen LogP contribution in [0.3, 0.4) is 0 Å². The third-order valence-electron chi connectivity index (χ3n) is 4.67. The van der Waals surface area contributed by atoms with Gasteiger partial charge in [0.2, 0.25) is 0 Å². The molecule has 0 aliphatic heterocycles. The Labute approximate surface area is 102 Å². The minimum Gasteiger partial charge on any atom is -0.311 e. The number of rotatable bonds is 4. The molecular weight excluding hydrogens is 214 g/mol. The molecule has 2 fully saturated rings. The highest BCUT2D eigenvalue weighted by Crippen LogP contribution is 2.48. The Balaban J connectivity index is 1.71. The van der Waals surface area contributed by atoms with E-state index in [1.165, 1.54) is 25.7 Å². The van der Waals surface area contributed by atoms with Gasteiger partial charge in [-0.2, -0.15) is 0 Å². The van der Waals surface area contributed by atoms with Gasteiger partial charge in [-0.05, 0) is 61.4 Å². The van der Waals surface area contributed by atoms with Crippen molar-refractivity contribution in [2.75, 3.05) is 7.05 Å². The molecule has 0 radical (unpaired) electrons. The number of nitrogens with zero attached hydrogens (tertiary/aromatic N) is 4. The van der Waals surface area contributed by atoms with Crippen molar-refractivity contribution in [3.8, 4) is 0 Å². The molecule has 2 bridgehead atoms. The molecule has 2 saturated carbocycles. The molecule has 1 aromatic rings. The summed E-state index contributed by atoms with van der Waals surface area (Å²) in [7, 11) is 1.95. The van der Waals surface area contributed by atoms with Gasteiger partial charge in [0.1, 0.15) is 0 Å². The van der Waals surface area contributed by atoms with E-state index in [1.54, 1.807) is 0 Å². The lowest BCUT2D eigenvalue weighted by atomic mass is 9.89. The first-order valence-corrected chi connectivity index (χ1v) is 6.71. The average molecular weight is 235 g/mol. The number of hydrogen-bond donors (Lipinski definition) is 1. The van der Waals surface area contributed by atoms with Crippen molar-refractivity contribution in [3.05, 3.63) is 5.82 Å². The maximum atomic E-state index is 4.15. The van der Waals surface area contributed by atoms with Crippen molar-refractivity contribution >= 4 is 0 Å². The van der Waals surface area contributed by atoms with Crippen molar-refractivity contribution in [3.63, 3.8) is 0 Å². The maximum absolute atomic E-state index is 4.15. The second-order valence-corrected chi connectivity index (χ2v) is 5.66. The van der Waals surface area contributed by atoms with E-state index in [0.29, 0.717) is 0 Å². The molecule has 17 heavy (non-hydrogen) atoms. The van der Waals surface area contributed by atoms with Gasteiger partial charge in [-0.3, -0.25) is 0 Å². The van der Waals surface area contributed by atoms with Crippen LogP contribution in [0.4, 0.5) is 0 Å². The molecule has 0 spiro atoms. The van der Waals surface area contributed by atoms with Gasteiger partial charge in [-0.25, -0.2) is 4.68 Å². The first-order chi connectivity index (χ1) is 8.28. The molecule has 5 heteroatoms. The Bertz CT molecular complexity index is 388. The molecule has 0 saturated heterocycles. The smallest absolute Gasteiger partial charge is 0.167 e. The van der Waals surface area contributed by atoms with Gasteiger partial charge in [0.15, 0.2) is 5.82 Å². The molecule has 94 valence electrons. The fourth-order valence-corrected chi connectivity index (χ4v) is 3.60. The maximum Gasteiger partial charge on any atom is 0.167 e. The molecule has 1 aromatic heterocycles. The van der Waals surface area contributed by atoms with E-state index >= 15 is 0 Å². The van der Waals surface area contributed by atoms with E-state index in [-0.39, 0.29) is 6.04 Å². The molecule has 0 aromatic carbocycles. The summed E-state index contributed by atoms with van der Waals surface area (Å²) in [6.45, 7) is 3.11. The summed E-state index contributed by atoms with van der Waals surface area (Å²) in [5.74, 6) is 3.70. The highest BCUT2D eigenvalue weighted by molar-refractivity contribution is 4.93. The Hall–Kier alpha value is -0.970. The molecule has 5 nitrogen and oxygen atoms in total. The highest BCUT2D eigenvalue weighted by Gasteiger charge is 2.39. The van der Waals surface area contributed by atoms with Gasteiger partial charge in [-0.1, -0.05) is 6.42 Å². The Kier molecular flexibility index (Phi) is 2.86. The molecule has 2 aliphatic carbocycles. The largest absolute Gasteiger partial charge is 0.311 e. The summed E-state index contributed by atoms with van der Waals surface area (Å²) in [4.78, 5) is 0. The fraction of sp³-hybridized carbons (Fsp3) is 0.917. The first kappa shape index (κ1) is 11.1. The van der Waals surface area contributed by atoms with Gasteiger partial charge >= 0.3 is 0 Å². The zero-order valence-electron chi connectivity index (χ0n) is 10.6. The lowest BCUT2D eigenvalue weighted by molar-refractivity contribution is 0.277. The van der Waals surface area contributed by atoms with Crippen LogP contribution < -0.4 is 5.32 Å². The predicted octanol–water partition coefficient (Wildman–Crippen LogP) is 1.39. The van der Waals surface area contributed by atoms with Crippen LogP contribution in [0, 0.1) is 17.8 Å². The topological polar surface area (TPSA) is 55.6 Å². The third-order valence-corrected chi connectivity index (χ3v) is 4.67. The van der Waals surface area contributed by atoms with Crippen LogP contribution in [0.25, 0.3) is 0 Å². The molecule has 3 rings (SSSR count). The van der Waals surface area contributed by atoms with Crippen molar-refractivity contribution in [1.29, 1.82) is 0 Å². The van der Waals surface area contributed by atoms with Crippen molar-refractivity contribution in [1.82, 2.24) is 25.5 Å². The van der Waals surface area contributed by atoms with E-state index in [2.05, 4.69) is 27.8 Å². The second kappa shape index (κ2) is 4.37. The molecule has 4 atom stereocenters. The van der Waals surface area contributed by atoms with E-state index < -0.39 is 0 Å². The van der Waals surface area contributed by atoms with Gasteiger partial charge in [0.05, 0.1) is 6.04 Å². The summed E-state index contributed by atoms with van der Waals surface area (Å²) in [5, 5.41) is 15.3. The van der Waals surface area contributed by atoms with Crippen molar-refractivity contribution in [2.24, 2.45) is 17.8 Å². The van der Waals surface area contributed by atoms with Crippen LogP contribution in [-0.4, -0.2) is 27.3 Å². The summed E-state index contributed by atoms with van der Waals surface area (Å²) in [6, 6.07) is 0.226. The van der Waals surface area contributed by atoms with E-state index in [1.807, 2.05) is 11.7 Å². The minimum absolute atomic E-state index is 0.226. The number of tetrazole rings is 1. The van der Waals surface area contributed by atoms with Gasteiger partial charge in [0, 0.05) is 6.54 Å². The zero-order chi connectivity index (χ0) is 11.8. The summed E-state index contributed by atoms with van der Waals surface area (Å²) in [6.07, 6.45) is 5.71.